The average molecular weight is 157 g/mol. The van der Waals surface area contributed by atoms with Crippen molar-refractivity contribution >= 4 is 6.79 Å². The summed E-state index contributed by atoms with van der Waals surface area (Å²) in [6.45, 7) is 6.40. The second-order valence-corrected chi connectivity index (χ2v) is 3.27. The van der Waals surface area contributed by atoms with Crippen LogP contribution in [0, 0.1) is 5.41 Å². The summed E-state index contributed by atoms with van der Waals surface area (Å²) in [5.41, 5.74) is 0.568. The summed E-state index contributed by atoms with van der Waals surface area (Å²) in [6, 6.07) is 0. The van der Waals surface area contributed by atoms with Crippen LogP contribution in [0.1, 0.15) is 12.8 Å². The highest BCUT2D eigenvalue weighted by atomic mass is 16.5. The summed E-state index contributed by atoms with van der Waals surface area (Å²) >= 11 is 0. The molecule has 3 nitrogen and oxygen atoms in total. The van der Waals surface area contributed by atoms with Gasteiger partial charge in [-0.05, 0) is 19.4 Å². The van der Waals surface area contributed by atoms with Crippen molar-refractivity contribution in [1.29, 1.82) is 0 Å². The van der Waals surface area contributed by atoms with E-state index in [0.717, 1.165) is 13.2 Å². The van der Waals surface area contributed by atoms with E-state index in [-0.39, 0.29) is 0 Å². The van der Waals surface area contributed by atoms with E-state index in [9.17, 15) is 0 Å². The number of nitrogens with one attached hydrogen (secondary N) is 1. The lowest BCUT2D eigenvalue weighted by atomic mass is 9.79. The van der Waals surface area contributed by atoms with Gasteiger partial charge in [-0.1, -0.05) is 0 Å². The van der Waals surface area contributed by atoms with E-state index in [1.807, 2.05) is 6.79 Å². The molecule has 0 radical (unpaired) electrons. The summed E-state index contributed by atoms with van der Waals surface area (Å²) in [4.78, 5) is 8.00. The zero-order valence-electron chi connectivity index (χ0n) is 6.77. The van der Waals surface area contributed by atoms with Crippen molar-refractivity contribution in [3.8, 4) is 0 Å². The topological polar surface area (TPSA) is 38.3 Å². The molecule has 1 N–H and O–H groups in total. The van der Waals surface area contributed by atoms with Crippen LogP contribution in [0.15, 0.2) is 0 Å². The highest BCUT2D eigenvalue weighted by molar-refractivity contribution is 5.10. The van der Waals surface area contributed by atoms with Crippen LogP contribution in [0.2, 0.25) is 0 Å². The molecule has 0 saturated carbocycles. The van der Waals surface area contributed by atoms with Gasteiger partial charge in [-0.2, -0.15) is 0 Å². The lowest BCUT2D eigenvalue weighted by Crippen LogP contribution is -2.52. The SMILES string of the molecule is C1CNCC2(C1)COC2.C=O. The lowest BCUT2D eigenvalue weighted by Gasteiger charge is -2.44. The summed E-state index contributed by atoms with van der Waals surface area (Å²) in [6.07, 6.45) is 2.71. The minimum absolute atomic E-state index is 0.568. The van der Waals surface area contributed by atoms with Gasteiger partial charge in [-0.3, -0.25) is 0 Å². The Morgan fingerprint density at radius 1 is 1.36 bits per heavy atom. The minimum atomic E-state index is 0.568. The molecule has 2 fully saturated rings. The molecule has 0 amide bonds. The molecule has 0 aromatic carbocycles. The van der Waals surface area contributed by atoms with Gasteiger partial charge < -0.3 is 14.8 Å². The summed E-state index contributed by atoms with van der Waals surface area (Å²) in [5, 5.41) is 3.40. The van der Waals surface area contributed by atoms with Crippen molar-refractivity contribution in [3.05, 3.63) is 0 Å². The van der Waals surface area contributed by atoms with E-state index in [1.165, 1.54) is 25.9 Å². The molecule has 3 heteroatoms. The molecule has 2 aliphatic rings. The third-order valence-corrected chi connectivity index (χ3v) is 2.38. The molecule has 0 aliphatic carbocycles. The fourth-order valence-electron chi connectivity index (χ4n) is 1.67. The van der Waals surface area contributed by atoms with Crippen molar-refractivity contribution in [2.45, 2.75) is 12.8 Å². The van der Waals surface area contributed by atoms with E-state index in [0.29, 0.717) is 5.41 Å². The van der Waals surface area contributed by atoms with Crippen LogP contribution < -0.4 is 5.32 Å². The number of piperidine rings is 1. The van der Waals surface area contributed by atoms with Crippen molar-refractivity contribution in [2.24, 2.45) is 5.41 Å². The van der Waals surface area contributed by atoms with Crippen LogP contribution in [-0.4, -0.2) is 33.1 Å². The van der Waals surface area contributed by atoms with E-state index in [4.69, 9.17) is 9.53 Å². The highest BCUT2D eigenvalue weighted by Crippen LogP contribution is 2.33. The second-order valence-electron chi connectivity index (χ2n) is 3.27. The lowest BCUT2D eigenvalue weighted by molar-refractivity contribution is -0.122. The number of carbonyl (C=O) groups excluding carboxylic acids is 1. The van der Waals surface area contributed by atoms with Crippen LogP contribution in [0.3, 0.4) is 0 Å². The van der Waals surface area contributed by atoms with Gasteiger partial charge in [-0.15, -0.1) is 0 Å². The first-order valence-electron chi connectivity index (χ1n) is 3.99. The molecular weight excluding hydrogens is 142 g/mol. The van der Waals surface area contributed by atoms with E-state index in [2.05, 4.69) is 5.32 Å². The number of rotatable bonds is 0. The first-order chi connectivity index (χ1) is 5.41. The van der Waals surface area contributed by atoms with Crippen molar-refractivity contribution in [1.82, 2.24) is 5.32 Å². The van der Waals surface area contributed by atoms with Crippen molar-refractivity contribution < 1.29 is 9.53 Å². The normalized spacial score (nSPS) is 26.5. The smallest absolute Gasteiger partial charge is 0.106 e. The third kappa shape index (κ3) is 1.79. The number of ether oxygens (including phenoxy) is 1. The largest absolute Gasteiger partial charge is 0.380 e. The Balaban J connectivity index is 0.000000281. The van der Waals surface area contributed by atoms with E-state index in [1.54, 1.807) is 0 Å². The monoisotopic (exact) mass is 157 g/mol. The average Bonchev–Trinajstić information content (AvgIpc) is 2.07. The standard InChI is InChI=1S/C7H13NO.CH2O/c1-2-7(4-8-3-1)5-9-6-7;1-2/h8H,1-6H2;1H2. The predicted octanol–water partition coefficient (Wildman–Crippen LogP) is 0.201. The van der Waals surface area contributed by atoms with Gasteiger partial charge in [-0.25, -0.2) is 0 Å². The highest BCUT2D eigenvalue weighted by Gasteiger charge is 2.39. The van der Waals surface area contributed by atoms with Gasteiger partial charge >= 0.3 is 0 Å². The zero-order valence-corrected chi connectivity index (χ0v) is 6.77. The van der Waals surface area contributed by atoms with E-state index >= 15 is 0 Å². The molecule has 64 valence electrons. The maximum atomic E-state index is 8.00. The zero-order chi connectivity index (χ0) is 8.16. The van der Waals surface area contributed by atoms with Crippen molar-refractivity contribution in [2.75, 3.05) is 26.3 Å². The Labute approximate surface area is 67.1 Å². The quantitative estimate of drug-likeness (QED) is 0.546. The van der Waals surface area contributed by atoms with Gasteiger partial charge in [0.05, 0.1) is 13.2 Å². The molecule has 0 aromatic heterocycles. The Hall–Kier alpha value is -0.410. The Morgan fingerprint density at radius 3 is 2.36 bits per heavy atom. The summed E-state index contributed by atoms with van der Waals surface area (Å²) in [5.74, 6) is 0. The molecular formula is C8H15NO2. The van der Waals surface area contributed by atoms with Gasteiger partial charge in [0.1, 0.15) is 6.79 Å². The Morgan fingerprint density at radius 2 is 2.09 bits per heavy atom. The van der Waals surface area contributed by atoms with Crippen molar-refractivity contribution in [3.63, 3.8) is 0 Å². The summed E-state index contributed by atoms with van der Waals surface area (Å²) < 4.78 is 5.18. The molecule has 0 aromatic rings. The number of carbonyl (C=O) groups is 1. The molecule has 1 spiro atoms. The molecule has 0 unspecified atom stereocenters. The molecule has 2 saturated heterocycles. The summed E-state index contributed by atoms with van der Waals surface area (Å²) in [7, 11) is 0. The van der Waals surface area contributed by atoms with Crippen LogP contribution in [0.25, 0.3) is 0 Å². The first-order valence-corrected chi connectivity index (χ1v) is 3.99. The molecule has 2 aliphatic heterocycles. The van der Waals surface area contributed by atoms with Crippen LogP contribution in [-0.2, 0) is 9.53 Å². The number of hydrogen-bond donors (Lipinski definition) is 1. The second kappa shape index (κ2) is 3.83. The minimum Gasteiger partial charge on any atom is -0.380 e. The first kappa shape index (κ1) is 8.68. The van der Waals surface area contributed by atoms with Gasteiger partial charge in [0.2, 0.25) is 0 Å². The van der Waals surface area contributed by atoms with Gasteiger partial charge in [0, 0.05) is 12.0 Å². The molecule has 11 heavy (non-hydrogen) atoms. The molecule has 2 rings (SSSR count). The molecule has 0 bridgehead atoms. The number of hydrogen-bond acceptors (Lipinski definition) is 3. The van der Waals surface area contributed by atoms with E-state index < -0.39 is 0 Å². The fraction of sp³-hybridized carbons (Fsp3) is 0.875. The predicted molar refractivity (Wildman–Crippen MR) is 42.5 cm³/mol. The fourth-order valence-corrected chi connectivity index (χ4v) is 1.67. The maximum absolute atomic E-state index is 8.00. The molecule has 2 heterocycles. The maximum Gasteiger partial charge on any atom is 0.106 e. The van der Waals surface area contributed by atoms with Gasteiger partial charge in [0.15, 0.2) is 0 Å². The molecule has 0 atom stereocenters. The van der Waals surface area contributed by atoms with Crippen LogP contribution >= 0.6 is 0 Å². The Bertz CT molecular complexity index is 115. The van der Waals surface area contributed by atoms with Gasteiger partial charge in [0.25, 0.3) is 0 Å². The third-order valence-electron chi connectivity index (χ3n) is 2.38. The van der Waals surface area contributed by atoms with Crippen LogP contribution in [0.4, 0.5) is 0 Å². The Kier molecular flexibility index (Phi) is 3.02. The van der Waals surface area contributed by atoms with Crippen LogP contribution in [0.5, 0.6) is 0 Å².